The molecular weight excluding hydrogens is 268 g/mol. The fourth-order valence-corrected chi connectivity index (χ4v) is 3.49. The molecule has 21 heavy (non-hydrogen) atoms. The Morgan fingerprint density at radius 2 is 1.95 bits per heavy atom. The number of rotatable bonds is 2. The van der Waals surface area contributed by atoms with Gasteiger partial charge in [0.15, 0.2) is 0 Å². The van der Waals surface area contributed by atoms with Gasteiger partial charge in [0.25, 0.3) is 0 Å². The van der Waals surface area contributed by atoms with Gasteiger partial charge in [-0.1, -0.05) is 30.3 Å². The fourth-order valence-electron chi connectivity index (χ4n) is 3.49. The van der Waals surface area contributed by atoms with Crippen LogP contribution >= 0.6 is 0 Å². The number of benzene rings is 1. The summed E-state index contributed by atoms with van der Waals surface area (Å²) in [5, 5.41) is 9.17. The molecule has 1 N–H and O–H groups in total. The van der Waals surface area contributed by atoms with E-state index in [1.165, 1.54) is 10.5 Å². The summed E-state index contributed by atoms with van der Waals surface area (Å²) >= 11 is 0. The third kappa shape index (κ3) is 2.78. The Kier molecular flexibility index (Phi) is 3.68. The number of carbonyl (C=O) groups excluding carboxylic acids is 1. The maximum Gasteiger partial charge on any atom is 0.407 e. The van der Waals surface area contributed by atoms with Crippen LogP contribution in [0, 0.1) is 5.41 Å². The average Bonchev–Trinajstić information content (AvgIpc) is 2.87. The van der Waals surface area contributed by atoms with Gasteiger partial charge in [0.2, 0.25) is 0 Å². The molecule has 0 saturated carbocycles. The molecule has 1 aromatic rings. The van der Waals surface area contributed by atoms with Gasteiger partial charge < -0.3 is 10.0 Å². The molecule has 3 rings (SSSR count). The molecule has 1 aromatic carbocycles. The van der Waals surface area contributed by atoms with E-state index < -0.39 is 11.5 Å². The van der Waals surface area contributed by atoms with Crippen LogP contribution in [0.25, 0.3) is 0 Å². The van der Waals surface area contributed by atoms with E-state index in [2.05, 4.69) is 17.0 Å². The van der Waals surface area contributed by atoms with E-state index in [1.54, 1.807) is 0 Å². The zero-order valence-electron chi connectivity index (χ0n) is 12.0. The first-order chi connectivity index (χ1) is 10.1. The highest BCUT2D eigenvalue weighted by Crippen LogP contribution is 2.37. The Labute approximate surface area is 124 Å². The van der Waals surface area contributed by atoms with Crippen LogP contribution < -0.4 is 0 Å². The van der Waals surface area contributed by atoms with Crippen molar-refractivity contribution in [1.82, 2.24) is 9.80 Å². The highest BCUT2D eigenvalue weighted by Gasteiger charge is 2.48. The van der Waals surface area contributed by atoms with Gasteiger partial charge in [0.05, 0.1) is 5.41 Å². The molecule has 2 aliphatic heterocycles. The van der Waals surface area contributed by atoms with Crippen molar-refractivity contribution < 1.29 is 14.7 Å². The summed E-state index contributed by atoms with van der Waals surface area (Å²) in [4.78, 5) is 27.2. The van der Waals surface area contributed by atoms with Crippen LogP contribution in [-0.2, 0) is 11.3 Å². The van der Waals surface area contributed by atoms with Crippen LogP contribution in [0.5, 0.6) is 0 Å². The number of nitrogens with zero attached hydrogens (tertiary/aromatic N) is 2. The molecule has 1 atom stereocenters. The molecule has 5 heteroatoms. The highest BCUT2D eigenvalue weighted by molar-refractivity contribution is 5.88. The van der Waals surface area contributed by atoms with Crippen molar-refractivity contribution >= 4 is 11.9 Å². The van der Waals surface area contributed by atoms with E-state index in [1.807, 2.05) is 18.2 Å². The molecule has 2 aliphatic rings. The number of piperidine rings is 1. The number of carbonyl (C=O) groups is 2. The number of hydrogen-bond donors (Lipinski definition) is 1. The quantitative estimate of drug-likeness (QED) is 0.902. The summed E-state index contributed by atoms with van der Waals surface area (Å²) < 4.78 is 0. The van der Waals surface area contributed by atoms with E-state index in [9.17, 15) is 14.7 Å². The van der Waals surface area contributed by atoms with E-state index in [0.717, 1.165) is 19.5 Å². The Morgan fingerprint density at radius 3 is 2.67 bits per heavy atom. The van der Waals surface area contributed by atoms with E-state index in [4.69, 9.17) is 0 Å². The van der Waals surface area contributed by atoms with Crippen molar-refractivity contribution in [3.8, 4) is 0 Å². The summed E-state index contributed by atoms with van der Waals surface area (Å²) in [6.45, 7) is 3.04. The van der Waals surface area contributed by atoms with Crippen molar-refractivity contribution in [1.29, 1.82) is 0 Å². The van der Waals surface area contributed by atoms with Crippen LogP contribution in [0.4, 0.5) is 4.79 Å². The second-order valence-corrected chi connectivity index (χ2v) is 6.10. The normalized spacial score (nSPS) is 26.5. The molecule has 2 heterocycles. The Morgan fingerprint density at radius 1 is 1.19 bits per heavy atom. The number of Topliss-reactive ketones (excluding diaryl/α,β-unsaturated/α-hetero) is 1. The first-order valence-electron chi connectivity index (χ1n) is 7.37. The number of ketones is 1. The van der Waals surface area contributed by atoms with Crippen LogP contribution in [0.3, 0.4) is 0 Å². The van der Waals surface area contributed by atoms with Crippen molar-refractivity contribution in [3.63, 3.8) is 0 Å². The molecule has 1 unspecified atom stereocenters. The molecule has 0 aromatic heterocycles. The van der Waals surface area contributed by atoms with Crippen molar-refractivity contribution in [3.05, 3.63) is 35.9 Å². The van der Waals surface area contributed by atoms with Crippen LogP contribution in [0.2, 0.25) is 0 Å². The summed E-state index contributed by atoms with van der Waals surface area (Å²) in [5.41, 5.74) is 0.749. The smallest absolute Gasteiger partial charge is 0.407 e. The molecule has 1 amide bonds. The van der Waals surface area contributed by atoms with Crippen molar-refractivity contribution in [2.45, 2.75) is 19.4 Å². The third-order valence-electron chi connectivity index (χ3n) is 4.65. The molecule has 2 saturated heterocycles. The van der Waals surface area contributed by atoms with E-state index in [-0.39, 0.29) is 5.78 Å². The van der Waals surface area contributed by atoms with E-state index in [0.29, 0.717) is 26.1 Å². The van der Waals surface area contributed by atoms with Gasteiger partial charge in [-0.15, -0.1) is 0 Å². The Bertz CT molecular complexity index is 546. The van der Waals surface area contributed by atoms with Crippen LogP contribution in [-0.4, -0.2) is 53.0 Å². The standard InChI is InChI=1S/C16H20N2O3/c19-14-6-8-18(15(20)21)12-16(14)7-9-17(11-16)10-13-4-2-1-3-5-13/h1-5H,6-12H2,(H,20,21). The minimum Gasteiger partial charge on any atom is -0.465 e. The van der Waals surface area contributed by atoms with E-state index >= 15 is 0 Å². The lowest BCUT2D eigenvalue weighted by atomic mass is 9.78. The molecule has 0 aliphatic carbocycles. The minimum absolute atomic E-state index is 0.232. The van der Waals surface area contributed by atoms with Crippen molar-refractivity contribution in [2.75, 3.05) is 26.2 Å². The molecule has 2 fully saturated rings. The number of carboxylic acid groups (broad SMARTS) is 1. The lowest BCUT2D eigenvalue weighted by Gasteiger charge is -2.37. The average molecular weight is 288 g/mol. The molecule has 0 bridgehead atoms. The lowest BCUT2D eigenvalue weighted by molar-refractivity contribution is -0.132. The molecule has 1 spiro atoms. The maximum atomic E-state index is 12.3. The highest BCUT2D eigenvalue weighted by atomic mass is 16.4. The summed E-state index contributed by atoms with van der Waals surface area (Å²) in [6.07, 6.45) is 0.205. The van der Waals surface area contributed by atoms with Gasteiger partial charge in [0.1, 0.15) is 5.78 Å². The van der Waals surface area contributed by atoms with Gasteiger partial charge in [0, 0.05) is 32.6 Å². The SMILES string of the molecule is O=C(O)N1CCC(=O)C2(CCN(Cc3ccccc3)C2)C1. The zero-order chi connectivity index (χ0) is 14.9. The second-order valence-electron chi connectivity index (χ2n) is 6.10. The maximum absolute atomic E-state index is 12.3. The Balaban J connectivity index is 1.69. The van der Waals surface area contributed by atoms with Gasteiger partial charge in [-0.25, -0.2) is 4.79 Å². The molecule has 0 radical (unpaired) electrons. The largest absolute Gasteiger partial charge is 0.465 e. The minimum atomic E-state index is -0.914. The topological polar surface area (TPSA) is 60.9 Å². The second kappa shape index (κ2) is 5.48. The van der Waals surface area contributed by atoms with Gasteiger partial charge in [-0.3, -0.25) is 9.69 Å². The summed E-state index contributed by atoms with van der Waals surface area (Å²) in [7, 11) is 0. The molecule has 112 valence electrons. The van der Waals surface area contributed by atoms with Crippen LogP contribution in [0.15, 0.2) is 30.3 Å². The summed E-state index contributed by atoms with van der Waals surface area (Å²) in [6, 6.07) is 10.2. The van der Waals surface area contributed by atoms with Gasteiger partial charge in [-0.05, 0) is 18.5 Å². The van der Waals surface area contributed by atoms with Crippen molar-refractivity contribution in [2.24, 2.45) is 5.41 Å². The number of amides is 1. The molecular formula is C16H20N2O3. The third-order valence-corrected chi connectivity index (χ3v) is 4.65. The van der Waals surface area contributed by atoms with Crippen LogP contribution in [0.1, 0.15) is 18.4 Å². The zero-order valence-corrected chi connectivity index (χ0v) is 12.0. The fraction of sp³-hybridized carbons (Fsp3) is 0.500. The predicted octanol–water partition coefficient (Wildman–Crippen LogP) is 1.83. The number of hydrogen-bond acceptors (Lipinski definition) is 3. The lowest BCUT2D eigenvalue weighted by Crippen LogP contribution is -2.52. The number of likely N-dealkylation sites (tertiary alicyclic amines) is 2. The first-order valence-corrected chi connectivity index (χ1v) is 7.37. The Hall–Kier alpha value is -1.88. The van der Waals surface area contributed by atoms with Gasteiger partial charge in [-0.2, -0.15) is 0 Å². The monoisotopic (exact) mass is 288 g/mol. The summed E-state index contributed by atoms with van der Waals surface area (Å²) in [5.74, 6) is 0.232. The first kappa shape index (κ1) is 14.1. The molecule has 5 nitrogen and oxygen atoms in total. The van der Waals surface area contributed by atoms with Gasteiger partial charge >= 0.3 is 6.09 Å². The predicted molar refractivity (Wildman–Crippen MR) is 78.0 cm³/mol.